The van der Waals surface area contributed by atoms with E-state index in [1.54, 1.807) is 7.11 Å². The summed E-state index contributed by atoms with van der Waals surface area (Å²) in [5, 5.41) is 23.0. The summed E-state index contributed by atoms with van der Waals surface area (Å²) in [6, 6.07) is 0.987. The van der Waals surface area contributed by atoms with Gasteiger partial charge in [-0.25, -0.2) is 9.78 Å². The molecular formula is C13H17N3O5. The summed E-state index contributed by atoms with van der Waals surface area (Å²) < 4.78 is 5.33. The number of hydrogen-bond donors (Lipinski definition) is 2. The van der Waals surface area contributed by atoms with Gasteiger partial charge in [0.15, 0.2) is 0 Å². The number of nitrogens with zero attached hydrogens (tertiary/aromatic N) is 2. The van der Waals surface area contributed by atoms with E-state index in [-0.39, 0.29) is 34.6 Å². The van der Waals surface area contributed by atoms with E-state index in [4.69, 9.17) is 9.84 Å². The SMILES string of the molecule is COC1CC(Nc2ncc(C(=O)O)cc2[N+](=O)[O-])C1(C)C. The predicted octanol–water partition coefficient (Wildman–Crippen LogP) is 1.91. The second-order valence-electron chi connectivity index (χ2n) is 5.63. The largest absolute Gasteiger partial charge is 0.478 e. The molecule has 8 nitrogen and oxygen atoms in total. The third kappa shape index (κ3) is 2.66. The van der Waals surface area contributed by atoms with Crippen molar-refractivity contribution >= 4 is 17.5 Å². The zero-order chi connectivity index (χ0) is 15.8. The van der Waals surface area contributed by atoms with E-state index in [2.05, 4.69) is 10.3 Å². The highest BCUT2D eigenvalue weighted by atomic mass is 16.6. The van der Waals surface area contributed by atoms with Gasteiger partial charge in [-0.3, -0.25) is 10.1 Å². The second-order valence-corrected chi connectivity index (χ2v) is 5.63. The Bertz CT molecular complexity index is 587. The first-order valence-corrected chi connectivity index (χ1v) is 6.44. The standard InChI is InChI=1S/C13H17N3O5/c1-13(2)9(5-10(13)21-3)15-11-8(16(19)20)4-7(6-14-11)12(17)18/h4,6,9-10H,5H2,1-3H3,(H,14,15)(H,17,18). The van der Waals surface area contributed by atoms with Gasteiger partial charge >= 0.3 is 11.7 Å². The van der Waals surface area contributed by atoms with Crippen molar-refractivity contribution in [3.8, 4) is 0 Å². The van der Waals surface area contributed by atoms with E-state index in [9.17, 15) is 14.9 Å². The van der Waals surface area contributed by atoms with Gasteiger partial charge in [-0.2, -0.15) is 0 Å². The van der Waals surface area contributed by atoms with E-state index in [0.717, 1.165) is 12.3 Å². The first-order chi connectivity index (χ1) is 9.77. The third-order valence-electron chi connectivity index (χ3n) is 4.08. The van der Waals surface area contributed by atoms with Gasteiger partial charge in [0.05, 0.1) is 16.6 Å². The van der Waals surface area contributed by atoms with Crippen molar-refractivity contribution in [2.75, 3.05) is 12.4 Å². The molecule has 0 radical (unpaired) electrons. The maximum absolute atomic E-state index is 11.1. The van der Waals surface area contributed by atoms with Crippen LogP contribution in [0.4, 0.5) is 11.5 Å². The highest BCUT2D eigenvalue weighted by Crippen LogP contribution is 2.44. The molecule has 1 aromatic heterocycles. The Hall–Kier alpha value is -2.22. The van der Waals surface area contributed by atoms with Crippen LogP contribution in [0, 0.1) is 15.5 Å². The van der Waals surface area contributed by atoms with Gasteiger partial charge in [0.2, 0.25) is 5.82 Å². The lowest BCUT2D eigenvalue weighted by atomic mass is 9.64. The van der Waals surface area contributed by atoms with Crippen molar-refractivity contribution in [3.05, 3.63) is 27.9 Å². The summed E-state index contributed by atoms with van der Waals surface area (Å²) in [5.41, 5.74) is -0.739. The maximum atomic E-state index is 11.1. The highest BCUT2D eigenvalue weighted by molar-refractivity contribution is 5.88. The zero-order valence-corrected chi connectivity index (χ0v) is 12.0. The van der Waals surface area contributed by atoms with Crippen molar-refractivity contribution in [1.29, 1.82) is 0 Å². The number of carboxylic acid groups (broad SMARTS) is 1. The van der Waals surface area contributed by atoms with Crippen LogP contribution in [0.25, 0.3) is 0 Å². The van der Waals surface area contributed by atoms with Crippen LogP contribution in [-0.4, -0.2) is 40.2 Å². The van der Waals surface area contributed by atoms with Gasteiger partial charge < -0.3 is 15.2 Å². The average Bonchev–Trinajstić information content (AvgIpc) is 2.42. The lowest BCUT2D eigenvalue weighted by molar-refractivity contribution is -0.384. The van der Waals surface area contributed by atoms with Crippen LogP contribution in [-0.2, 0) is 4.74 Å². The van der Waals surface area contributed by atoms with E-state index in [1.165, 1.54) is 0 Å². The number of nitro groups is 1. The molecular weight excluding hydrogens is 278 g/mol. The van der Waals surface area contributed by atoms with Crippen molar-refractivity contribution in [3.63, 3.8) is 0 Å². The number of pyridine rings is 1. The minimum absolute atomic E-state index is 0.0238. The molecule has 2 N–H and O–H groups in total. The number of nitrogens with one attached hydrogen (secondary N) is 1. The summed E-state index contributed by atoms with van der Waals surface area (Å²) in [6.07, 6.45) is 1.90. The number of carbonyl (C=O) groups is 1. The fourth-order valence-corrected chi connectivity index (χ4v) is 2.52. The molecule has 2 atom stereocenters. The molecule has 8 heteroatoms. The number of ether oxygens (including phenoxy) is 1. The minimum Gasteiger partial charge on any atom is -0.478 e. The van der Waals surface area contributed by atoms with Crippen LogP contribution in [0.1, 0.15) is 30.6 Å². The summed E-state index contributed by atoms with van der Waals surface area (Å²) in [7, 11) is 1.63. The monoisotopic (exact) mass is 295 g/mol. The minimum atomic E-state index is -1.25. The molecule has 0 amide bonds. The average molecular weight is 295 g/mol. The smallest absolute Gasteiger partial charge is 0.337 e. The van der Waals surface area contributed by atoms with Crippen LogP contribution < -0.4 is 5.32 Å². The number of methoxy groups -OCH3 is 1. The van der Waals surface area contributed by atoms with Gasteiger partial charge in [-0.1, -0.05) is 13.8 Å². The van der Waals surface area contributed by atoms with Gasteiger partial charge in [0.1, 0.15) is 0 Å². The molecule has 1 fully saturated rings. The van der Waals surface area contributed by atoms with Crippen LogP contribution in [0.3, 0.4) is 0 Å². The predicted molar refractivity (Wildman–Crippen MR) is 74.5 cm³/mol. The van der Waals surface area contributed by atoms with Gasteiger partial charge in [-0.15, -0.1) is 0 Å². The first kappa shape index (κ1) is 15.2. The van der Waals surface area contributed by atoms with Gasteiger partial charge in [0.25, 0.3) is 0 Å². The Balaban J connectivity index is 2.25. The Morgan fingerprint density at radius 2 is 2.29 bits per heavy atom. The lowest BCUT2D eigenvalue weighted by Crippen LogP contribution is -2.57. The van der Waals surface area contributed by atoms with Crippen LogP contribution in [0.5, 0.6) is 0 Å². The van der Waals surface area contributed by atoms with E-state index < -0.39 is 10.9 Å². The van der Waals surface area contributed by atoms with Crippen molar-refractivity contribution in [2.45, 2.75) is 32.4 Å². The number of carboxylic acids is 1. The topological polar surface area (TPSA) is 115 Å². The first-order valence-electron chi connectivity index (χ1n) is 6.44. The number of hydrogen-bond acceptors (Lipinski definition) is 6. The summed E-state index contributed by atoms with van der Waals surface area (Å²) in [6.45, 7) is 4.00. The third-order valence-corrected chi connectivity index (χ3v) is 4.08. The normalized spacial score (nSPS) is 23.2. The molecule has 2 rings (SSSR count). The molecule has 0 bridgehead atoms. The number of aromatic nitrogens is 1. The molecule has 1 saturated carbocycles. The summed E-state index contributed by atoms with van der Waals surface area (Å²) >= 11 is 0. The Kier molecular flexibility index (Phi) is 3.82. The molecule has 2 unspecified atom stereocenters. The molecule has 1 aromatic rings. The summed E-state index contributed by atoms with van der Waals surface area (Å²) in [5.74, 6) is -1.17. The highest BCUT2D eigenvalue weighted by Gasteiger charge is 2.49. The van der Waals surface area contributed by atoms with Crippen LogP contribution in [0.2, 0.25) is 0 Å². The number of anilines is 1. The fraction of sp³-hybridized carbons (Fsp3) is 0.538. The van der Waals surface area contributed by atoms with Crippen molar-refractivity contribution in [2.24, 2.45) is 5.41 Å². The second kappa shape index (κ2) is 5.28. The van der Waals surface area contributed by atoms with E-state index in [0.29, 0.717) is 6.42 Å². The van der Waals surface area contributed by atoms with Gasteiger partial charge in [0, 0.05) is 30.8 Å². The number of aromatic carboxylic acids is 1. The van der Waals surface area contributed by atoms with Gasteiger partial charge in [-0.05, 0) is 6.42 Å². The molecule has 0 spiro atoms. The molecule has 0 aromatic carbocycles. The Morgan fingerprint density at radius 1 is 1.62 bits per heavy atom. The summed E-state index contributed by atoms with van der Waals surface area (Å²) in [4.78, 5) is 25.2. The molecule has 114 valence electrons. The van der Waals surface area contributed by atoms with Crippen molar-refractivity contribution in [1.82, 2.24) is 4.98 Å². The quantitative estimate of drug-likeness (QED) is 0.629. The fourth-order valence-electron chi connectivity index (χ4n) is 2.52. The molecule has 1 aliphatic rings. The zero-order valence-electron chi connectivity index (χ0n) is 12.0. The Morgan fingerprint density at radius 3 is 2.76 bits per heavy atom. The van der Waals surface area contributed by atoms with E-state index in [1.807, 2.05) is 13.8 Å². The molecule has 0 aliphatic heterocycles. The lowest BCUT2D eigenvalue weighted by Gasteiger charge is -2.51. The molecule has 0 saturated heterocycles. The molecule has 1 aliphatic carbocycles. The van der Waals surface area contributed by atoms with Crippen LogP contribution >= 0.6 is 0 Å². The maximum Gasteiger partial charge on any atom is 0.337 e. The molecule has 1 heterocycles. The Labute approximate surface area is 121 Å². The van der Waals surface area contributed by atoms with Crippen molar-refractivity contribution < 1.29 is 19.6 Å². The van der Waals surface area contributed by atoms with Crippen LogP contribution in [0.15, 0.2) is 12.3 Å². The number of rotatable bonds is 5. The van der Waals surface area contributed by atoms with E-state index >= 15 is 0 Å². The molecule has 21 heavy (non-hydrogen) atoms.